The van der Waals surface area contributed by atoms with E-state index in [-0.39, 0.29) is 0 Å². The van der Waals surface area contributed by atoms with Gasteiger partial charge < -0.3 is 0 Å². The Morgan fingerprint density at radius 1 is 1.25 bits per heavy atom. The molecule has 0 saturated heterocycles. The number of nitrogens with zero attached hydrogens (tertiary/aromatic N) is 1. The van der Waals surface area contributed by atoms with Crippen LogP contribution in [-0.4, -0.2) is 6.08 Å². The predicted molar refractivity (Wildman–Crippen MR) is 83.1 cm³/mol. The minimum Gasteiger partial charge on any atom is -0.211 e. The van der Waals surface area contributed by atoms with Gasteiger partial charge in [0.2, 0.25) is 6.08 Å². The molecule has 100 valence electrons. The number of hydrogen-bond donors (Lipinski definition) is 0. The zero-order valence-electron chi connectivity index (χ0n) is 11.2. The fourth-order valence-electron chi connectivity index (χ4n) is 2.00. The number of halogens is 1. The van der Waals surface area contributed by atoms with Crippen LogP contribution in [0.4, 0.5) is 5.69 Å². The van der Waals surface area contributed by atoms with E-state index in [0.717, 1.165) is 30.0 Å². The van der Waals surface area contributed by atoms with Gasteiger partial charge in [-0.05, 0) is 12.5 Å². The maximum absolute atomic E-state index is 10.7. The lowest BCUT2D eigenvalue weighted by molar-refractivity contribution is 0.565. The summed E-state index contributed by atoms with van der Waals surface area (Å²) in [7, 11) is 0. The summed E-state index contributed by atoms with van der Waals surface area (Å²) in [4.78, 5) is 14.5. The Labute approximate surface area is 123 Å². The maximum atomic E-state index is 10.7. The molecule has 2 nitrogen and oxygen atoms in total. The molecule has 0 fully saturated rings. The van der Waals surface area contributed by atoms with Gasteiger partial charge in [-0.25, -0.2) is 4.79 Å². The van der Waals surface area contributed by atoms with Gasteiger partial charge in [-0.1, -0.05) is 61.1 Å². The van der Waals surface area contributed by atoms with Crippen LogP contribution < -0.4 is 0 Å². The number of aliphatic imine (C=N–C) groups is 1. The minimum absolute atomic E-state index is 0.545. The number of hydrogen-bond acceptors (Lipinski definition) is 2. The number of isocyanates is 1. The minimum atomic E-state index is 0.545. The molecule has 0 aromatic heterocycles. The zero-order chi connectivity index (χ0) is 14.4. The Kier molecular flexibility index (Phi) is 4.96. The topological polar surface area (TPSA) is 29.4 Å². The molecule has 0 N–H and O–H groups in total. The Balaban J connectivity index is 2.60. The van der Waals surface area contributed by atoms with Gasteiger partial charge in [-0.15, -0.1) is 0 Å². The molecular formula is C17H14ClNO. The molecule has 3 heteroatoms. The summed E-state index contributed by atoms with van der Waals surface area (Å²) < 4.78 is 0. The van der Waals surface area contributed by atoms with Crippen LogP contribution in [-0.2, 0) is 4.79 Å². The third-order valence-corrected chi connectivity index (χ3v) is 3.31. The van der Waals surface area contributed by atoms with E-state index >= 15 is 0 Å². The largest absolute Gasteiger partial charge is 0.240 e. The molecule has 2 rings (SSSR count). The SMILES string of the molecule is CCCCC#Cc1cc(Cl)c2ccccc2c1N=C=O. The molecule has 0 unspecified atom stereocenters. The third kappa shape index (κ3) is 3.08. The lowest BCUT2D eigenvalue weighted by Gasteiger charge is -2.05. The van der Waals surface area contributed by atoms with Crippen molar-refractivity contribution < 1.29 is 4.79 Å². The summed E-state index contributed by atoms with van der Waals surface area (Å²) in [6.07, 6.45) is 4.59. The average Bonchev–Trinajstić information content (AvgIpc) is 2.47. The third-order valence-electron chi connectivity index (χ3n) is 3.00. The second-order valence-corrected chi connectivity index (χ2v) is 4.82. The lowest BCUT2D eigenvalue weighted by atomic mass is 10.0. The molecule has 0 amide bonds. The molecular weight excluding hydrogens is 270 g/mol. The van der Waals surface area contributed by atoms with Crippen molar-refractivity contribution in [1.82, 2.24) is 0 Å². The van der Waals surface area contributed by atoms with E-state index < -0.39 is 0 Å². The van der Waals surface area contributed by atoms with Crippen LogP contribution in [0, 0.1) is 11.8 Å². The second-order valence-electron chi connectivity index (χ2n) is 4.41. The first kappa shape index (κ1) is 14.3. The standard InChI is InChI=1S/C17H14ClNO/c1-2-3-4-5-8-13-11-16(18)14-9-6-7-10-15(14)17(13)19-12-20/h6-7,9-11H,2-4H2,1H3. The molecule has 0 saturated carbocycles. The van der Waals surface area contributed by atoms with Crippen LogP contribution in [0.5, 0.6) is 0 Å². The van der Waals surface area contributed by atoms with Gasteiger partial charge in [0, 0.05) is 22.2 Å². The predicted octanol–water partition coefficient (Wildman–Crippen LogP) is 5.00. The average molecular weight is 284 g/mol. The Bertz CT molecular complexity index is 734. The molecule has 0 radical (unpaired) electrons. The highest BCUT2D eigenvalue weighted by molar-refractivity contribution is 6.36. The quantitative estimate of drug-likeness (QED) is 0.337. The Morgan fingerprint density at radius 3 is 2.70 bits per heavy atom. The van der Waals surface area contributed by atoms with E-state index in [4.69, 9.17) is 11.6 Å². The fraction of sp³-hybridized carbons (Fsp3) is 0.235. The first-order chi connectivity index (χ1) is 9.77. The summed E-state index contributed by atoms with van der Waals surface area (Å²) in [5.74, 6) is 6.15. The summed E-state index contributed by atoms with van der Waals surface area (Å²) in [5, 5.41) is 2.30. The van der Waals surface area contributed by atoms with Crippen molar-refractivity contribution in [3.05, 3.63) is 40.9 Å². The van der Waals surface area contributed by atoms with E-state index in [1.165, 1.54) is 0 Å². The number of rotatable bonds is 3. The van der Waals surface area contributed by atoms with E-state index in [1.54, 1.807) is 12.1 Å². The Hall–Kier alpha value is -2.07. The van der Waals surface area contributed by atoms with Gasteiger partial charge in [0.15, 0.2) is 0 Å². The van der Waals surface area contributed by atoms with E-state index in [2.05, 4.69) is 23.8 Å². The van der Waals surface area contributed by atoms with Crippen molar-refractivity contribution in [1.29, 1.82) is 0 Å². The number of fused-ring (bicyclic) bond motifs is 1. The normalized spacial score (nSPS) is 9.70. The van der Waals surface area contributed by atoms with Crippen molar-refractivity contribution in [2.45, 2.75) is 26.2 Å². The van der Waals surface area contributed by atoms with Crippen molar-refractivity contribution in [3.8, 4) is 11.8 Å². The van der Waals surface area contributed by atoms with Crippen LogP contribution in [0.15, 0.2) is 35.3 Å². The van der Waals surface area contributed by atoms with Gasteiger partial charge in [-0.3, -0.25) is 0 Å². The van der Waals surface area contributed by atoms with Crippen molar-refractivity contribution in [2.75, 3.05) is 0 Å². The van der Waals surface area contributed by atoms with Crippen LogP contribution in [0.25, 0.3) is 10.8 Å². The summed E-state index contributed by atoms with van der Waals surface area (Å²) in [5.41, 5.74) is 1.22. The van der Waals surface area contributed by atoms with Crippen LogP contribution >= 0.6 is 11.6 Å². The van der Waals surface area contributed by atoms with Gasteiger partial charge in [-0.2, -0.15) is 4.99 Å². The molecule has 2 aromatic rings. The number of benzene rings is 2. The maximum Gasteiger partial charge on any atom is 0.240 e. The van der Waals surface area contributed by atoms with Crippen LogP contribution in [0.1, 0.15) is 31.7 Å². The monoisotopic (exact) mass is 283 g/mol. The molecule has 0 aliphatic rings. The summed E-state index contributed by atoms with van der Waals surface area (Å²) in [6.45, 7) is 2.12. The van der Waals surface area contributed by atoms with Crippen molar-refractivity contribution >= 4 is 34.1 Å². The molecule has 0 aliphatic heterocycles. The Morgan fingerprint density at radius 2 is 2.00 bits per heavy atom. The van der Waals surface area contributed by atoms with E-state index in [0.29, 0.717) is 16.3 Å². The fourth-order valence-corrected chi connectivity index (χ4v) is 2.27. The number of carbonyl (C=O) groups excluding carboxylic acids is 1. The van der Waals surface area contributed by atoms with Crippen LogP contribution in [0.2, 0.25) is 5.02 Å². The van der Waals surface area contributed by atoms with Gasteiger partial charge in [0.1, 0.15) is 0 Å². The summed E-state index contributed by atoms with van der Waals surface area (Å²) >= 11 is 6.27. The highest BCUT2D eigenvalue weighted by Gasteiger charge is 2.09. The molecule has 0 heterocycles. The number of unbranched alkanes of at least 4 members (excludes halogenated alkanes) is 2. The molecule has 0 spiro atoms. The van der Waals surface area contributed by atoms with Crippen molar-refractivity contribution in [3.63, 3.8) is 0 Å². The van der Waals surface area contributed by atoms with Gasteiger partial charge >= 0.3 is 0 Å². The molecule has 20 heavy (non-hydrogen) atoms. The molecule has 0 bridgehead atoms. The molecule has 0 aliphatic carbocycles. The lowest BCUT2D eigenvalue weighted by Crippen LogP contribution is -1.83. The molecule has 0 atom stereocenters. The van der Waals surface area contributed by atoms with Crippen LogP contribution in [0.3, 0.4) is 0 Å². The van der Waals surface area contributed by atoms with Gasteiger partial charge in [0.25, 0.3) is 0 Å². The second kappa shape index (κ2) is 6.91. The summed E-state index contributed by atoms with van der Waals surface area (Å²) in [6, 6.07) is 9.33. The first-order valence-electron chi connectivity index (χ1n) is 6.56. The van der Waals surface area contributed by atoms with Gasteiger partial charge in [0.05, 0.1) is 11.3 Å². The highest BCUT2D eigenvalue weighted by atomic mass is 35.5. The zero-order valence-corrected chi connectivity index (χ0v) is 12.0. The van der Waals surface area contributed by atoms with Crippen molar-refractivity contribution in [2.24, 2.45) is 4.99 Å². The van der Waals surface area contributed by atoms with E-state index in [1.807, 2.05) is 24.3 Å². The van der Waals surface area contributed by atoms with E-state index in [9.17, 15) is 4.79 Å². The molecule has 2 aromatic carbocycles. The first-order valence-corrected chi connectivity index (χ1v) is 6.93. The smallest absolute Gasteiger partial charge is 0.211 e. The highest BCUT2D eigenvalue weighted by Crippen LogP contribution is 2.34.